The summed E-state index contributed by atoms with van der Waals surface area (Å²) in [6, 6.07) is 31.5. The molecule has 0 spiro atoms. The lowest BCUT2D eigenvalue weighted by Gasteiger charge is -2.52. The SMILES string of the molecule is COc1ccc(CC(C)NCC(O)c2ccc(O)c3[nH]c(=O)ccc23)cc1.O=C(O[C@@H]1C[N+]2(CCCOc3ccccc3)CCC1CC2)C(O)(c1cccs1)c1cccs1.[Br-]. The first-order valence-corrected chi connectivity index (χ1v) is 22.3. The summed E-state index contributed by atoms with van der Waals surface area (Å²) in [7, 11) is 1.64. The second kappa shape index (κ2) is 21.0. The summed E-state index contributed by atoms with van der Waals surface area (Å²) in [4.78, 5) is 28.8. The molecule has 9 rings (SSSR count). The van der Waals surface area contributed by atoms with Crippen molar-refractivity contribution < 1.29 is 55.8 Å². The molecule has 3 fully saturated rings. The van der Waals surface area contributed by atoms with Crippen LogP contribution >= 0.6 is 22.7 Å². The van der Waals surface area contributed by atoms with Gasteiger partial charge in [0, 0.05) is 49.2 Å². The van der Waals surface area contributed by atoms with Crippen LogP contribution in [0.1, 0.15) is 53.2 Å². The topological polar surface area (TPSA) is 150 Å². The minimum absolute atomic E-state index is 0. The van der Waals surface area contributed by atoms with Gasteiger partial charge in [0.2, 0.25) is 11.2 Å². The number of quaternary nitrogens is 1. The maximum atomic E-state index is 13.4. The summed E-state index contributed by atoms with van der Waals surface area (Å²) in [6.07, 6.45) is 3.00. The standard InChI is InChI=1S/C26H30NO4S2.C21H24N2O4.BrH/c28-25(26(29,23-9-4-17-32-23)24-10-5-18-33-24)31-22-19-27(14-11-20(22)12-15-27)13-6-16-30-21-7-2-1-3-8-21;1-13(11-14-3-5-15(27-2)6-4-14)22-12-19(25)16-7-9-18(24)21-17(16)8-10-20(26)23-21;/h1-5,7-10,17-18,20,22,29H,6,11-16,19H2;3-10,13,19,22,24-25H,11-12H2,1-2H3,(H,23,26);1H/q+1;;/p-1/t20?,22-,27?;;/m1../s1. The Morgan fingerprint density at radius 3 is 2.25 bits per heavy atom. The third-order valence-corrected chi connectivity index (χ3v) is 13.7. The first kappa shape index (κ1) is 46.0. The lowest BCUT2D eigenvalue weighted by Crippen LogP contribution is -3.00. The van der Waals surface area contributed by atoms with Gasteiger partial charge in [0.05, 0.1) is 54.7 Å². The number of para-hydroxylation sites is 1. The Balaban J connectivity index is 0.000000205. The molecule has 61 heavy (non-hydrogen) atoms. The van der Waals surface area contributed by atoms with E-state index in [0.29, 0.717) is 45.3 Å². The summed E-state index contributed by atoms with van der Waals surface area (Å²) in [6.45, 7) is 7.21. The molecule has 3 aromatic carbocycles. The number of carbonyl (C=O) groups is 1. The van der Waals surface area contributed by atoms with E-state index in [9.17, 15) is 24.9 Å². The van der Waals surface area contributed by atoms with Gasteiger partial charge in [0.1, 0.15) is 23.8 Å². The fourth-order valence-corrected chi connectivity index (χ4v) is 10.2. The van der Waals surface area contributed by atoms with Crippen molar-refractivity contribution in [3.63, 3.8) is 0 Å². The number of aliphatic hydroxyl groups is 2. The molecule has 11 nitrogen and oxygen atoms in total. The van der Waals surface area contributed by atoms with Gasteiger partial charge in [-0.15, -0.1) is 22.7 Å². The quantitative estimate of drug-likeness (QED) is 0.0548. The third-order valence-electron chi connectivity index (χ3n) is 11.8. The number of fused-ring (bicyclic) bond motifs is 4. The van der Waals surface area contributed by atoms with E-state index in [2.05, 4.69) is 17.2 Å². The number of thiophene rings is 2. The smallest absolute Gasteiger partial charge is 0.349 e. The number of pyridine rings is 1. The number of phenols is 1. The number of rotatable bonds is 16. The molecular weight excluding hydrogens is 879 g/mol. The molecule has 2 bridgehead atoms. The summed E-state index contributed by atoms with van der Waals surface area (Å²) < 4.78 is 18.1. The minimum Gasteiger partial charge on any atom is -1.00 e. The lowest BCUT2D eigenvalue weighted by atomic mass is 9.83. The van der Waals surface area contributed by atoms with Crippen LogP contribution in [0.25, 0.3) is 10.9 Å². The molecule has 3 saturated heterocycles. The number of esters is 1. The van der Waals surface area contributed by atoms with E-state index in [1.165, 1.54) is 40.4 Å². The molecule has 6 aromatic rings. The Bertz CT molecular complexity index is 2300. The predicted octanol–water partition coefficient (Wildman–Crippen LogP) is 4.17. The highest BCUT2D eigenvalue weighted by Crippen LogP contribution is 2.40. The normalized spacial score (nSPS) is 19.2. The van der Waals surface area contributed by atoms with Crippen LogP contribution in [-0.2, 0) is 21.6 Å². The number of aliphatic hydroxyl groups excluding tert-OH is 1. The summed E-state index contributed by atoms with van der Waals surface area (Å²) in [5.41, 5.74) is 0.144. The fraction of sp³-hybridized carbons (Fsp3) is 0.362. The molecule has 5 N–H and O–H groups in total. The van der Waals surface area contributed by atoms with Crippen molar-refractivity contribution in [2.45, 2.75) is 56.5 Å². The Labute approximate surface area is 374 Å². The lowest BCUT2D eigenvalue weighted by molar-refractivity contribution is -0.946. The van der Waals surface area contributed by atoms with Crippen molar-refractivity contribution in [1.82, 2.24) is 10.3 Å². The highest BCUT2D eigenvalue weighted by molar-refractivity contribution is 7.12. The summed E-state index contributed by atoms with van der Waals surface area (Å²) in [5.74, 6) is 1.55. The van der Waals surface area contributed by atoms with E-state index >= 15 is 0 Å². The Kier molecular flexibility index (Phi) is 15.8. The number of nitrogens with one attached hydrogen (secondary N) is 2. The van der Waals surface area contributed by atoms with E-state index in [1.54, 1.807) is 19.2 Å². The maximum absolute atomic E-state index is 13.4. The molecule has 0 radical (unpaired) electrons. The van der Waals surface area contributed by atoms with Crippen LogP contribution in [0.15, 0.2) is 119 Å². The number of methoxy groups -OCH3 is 1. The highest BCUT2D eigenvalue weighted by atomic mass is 79.9. The summed E-state index contributed by atoms with van der Waals surface area (Å²) >= 11 is 2.77. The van der Waals surface area contributed by atoms with Gasteiger partial charge in [-0.3, -0.25) is 4.79 Å². The number of benzene rings is 3. The average molecular weight is 933 g/mol. The van der Waals surface area contributed by atoms with Crippen molar-refractivity contribution in [2.75, 3.05) is 46.4 Å². The number of aromatic nitrogens is 1. The number of halogens is 1. The van der Waals surface area contributed by atoms with Crippen molar-refractivity contribution in [2.24, 2.45) is 5.92 Å². The number of piperidine rings is 3. The summed E-state index contributed by atoms with van der Waals surface area (Å²) in [5, 5.41) is 39.9. The van der Waals surface area contributed by atoms with Crippen molar-refractivity contribution in [1.29, 1.82) is 0 Å². The molecular formula is C47H54BrN3O8S2. The van der Waals surface area contributed by atoms with Crippen LogP contribution in [0.4, 0.5) is 0 Å². The molecule has 14 heteroatoms. The monoisotopic (exact) mass is 931 g/mol. The number of carbonyl (C=O) groups excluding carboxylic acids is 1. The zero-order valence-corrected chi connectivity index (χ0v) is 37.6. The number of nitrogens with zero attached hydrogens (tertiary/aromatic N) is 1. The number of aromatic amines is 1. The van der Waals surface area contributed by atoms with Crippen LogP contribution in [-0.4, -0.2) is 89.3 Å². The largest absolute Gasteiger partial charge is 1.00 e. The van der Waals surface area contributed by atoms with Gasteiger partial charge in [-0.25, -0.2) is 4.79 Å². The molecule has 3 atom stereocenters. The fourth-order valence-electron chi connectivity index (χ4n) is 8.45. The second-order valence-corrected chi connectivity index (χ2v) is 17.7. The predicted molar refractivity (Wildman–Crippen MR) is 236 cm³/mol. The molecule has 6 heterocycles. The van der Waals surface area contributed by atoms with E-state index in [-0.39, 0.29) is 40.4 Å². The maximum Gasteiger partial charge on any atom is 0.349 e. The van der Waals surface area contributed by atoms with Crippen LogP contribution in [0.3, 0.4) is 0 Å². The number of phenolic OH excluding ortho intramolecular Hbond substituents is 1. The van der Waals surface area contributed by atoms with Gasteiger partial charge in [-0.1, -0.05) is 48.5 Å². The van der Waals surface area contributed by atoms with Gasteiger partial charge in [0.25, 0.3) is 0 Å². The number of aromatic hydroxyl groups is 1. The molecule has 324 valence electrons. The molecule has 3 aromatic heterocycles. The van der Waals surface area contributed by atoms with Crippen molar-refractivity contribution in [3.8, 4) is 17.2 Å². The molecule has 2 unspecified atom stereocenters. The van der Waals surface area contributed by atoms with Crippen LogP contribution in [0.2, 0.25) is 0 Å². The highest BCUT2D eigenvalue weighted by Gasteiger charge is 2.51. The number of ether oxygens (including phenoxy) is 3. The van der Waals surface area contributed by atoms with Gasteiger partial charge in [0.15, 0.2) is 6.10 Å². The van der Waals surface area contributed by atoms with Crippen molar-refractivity contribution >= 4 is 39.5 Å². The van der Waals surface area contributed by atoms with Crippen molar-refractivity contribution in [3.05, 3.63) is 145 Å². The Morgan fingerprint density at radius 1 is 0.918 bits per heavy atom. The van der Waals surface area contributed by atoms with Gasteiger partial charge < -0.3 is 61.3 Å². The number of hydrogen-bond acceptors (Lipinski definition) is 11. The molecule has 3 aliphatic rings. The van der Waals surface area contributed by atoms with Crippen LogP contribution < -0.4 is 37.3 Å². The number of H-pyrrole nitrogens is 1. The second-order valence-electron chi connectivity index (χ2n) is 15.8. The first-order valence-electron chi connectivity index (χ1n) is 20.5. The third kappa shape index (κ3) is 11.1. The van der Waals surface area contributed by atoms with Gasteiger partial charge in [-0.05, 0) is 83.8 Å². The first-order chi connectivity index (χ1) is 29.1. The van der Waals surface area contributed by atoms with E-state index in [0.717, 1.165) is 67.8 Å². The molecule has 0 aliphatic carbocycles. The zero-order valence-electron chi connectivity index (χ0n) is 34.4. The van der Waals surface area contributed by atoms with Gasteiger partial charge >= 0.3 is 5.97 Å². The Morgan fingerprint density at radius 2 is 1.61 bits per heavy atom. The van der Waals surface area contributed by atoms with E-state index in [1.807, 2.05) is 89.6 Å². The Hall–Kier alpha value is -4.54. The molecule has 3 aliphatic heterocycles. The number of hydrogen-bond donors (Lipinski definition) is 5. The molecule has 0 saturated carbocycles. The van der Waals surface area contributed by atoms with Crippen LogP contribution in [0, 0.1) is 5.92 Å². The molecule has 0 amide bonds. The van der Waals surface area contributed by atoms with Gasteiger partial charge in [-0.2, -0.15) is 0 Å². The average Bonchev–Trinajstić information content (AvgIpc) is 4.03. The van der Waals surface area contributed by atoms with E-state index in [4.69, 9.17) is 14.2 Å². The van der Waals surface area contributed by atoms with Crippen LogP contribution in [0.5, 0.6) is 17.2 Å². The van der Waals surface area contributed by atoms with E-state index < -0.39 is 17.7 Å². The zero-order chi connectivity index (χ0) is 42.1. The minimum atomic E-state index is -1.73.